The molecule has 0 fully saturated rings. The number of benzene rings is 2. The van der Waals surface area contributed by atoms with Gasteiger partial charge in [0.1, 0.15) is 28.8 Å². The minimum Gasteiger partial charge on any atom is -0.493 e. The minimum atomic E-state index is 0.681. The molecule has 100 valence electrons. The minimum absolute atomic E-state index is 0.681. The summed E-state index contributed by atoms with van der Waals surface area (Å²) in [5, 5.41) is 0. The molecule has 0 aliphatic carbocycles. The zero-order chi connectivity index (χ0) is 13.5. The standard InChI is InChI=1S/C16H17IO2/c1-13-6-8-14(9-7-13)15-4-2-5-16(12-15)18-10-3-11-19-17/h2,4-9,12H,3,10-11H2,1H3. The van der Waals surface area contributed by atoms with Gasteiger partial charge in [-0.3, -0.25) is 0 Å². The summed E-state index contributed by atoms with van der Waals surface area (Å²) in [6.45, 7) is 3.50. The Morgan fingerprint density at radius 3 is 2.47 bits per heavy atom. The van der Waals surface area contributed by atoms with Gasteiger partial charge in [-0.2, -0.15) is 0 Å². The summed E-state index contributed by atoms with van der Waals surface area (Å²) in [6, 6.07) is 16.7. The summed E-state index contributed by atoms with van der Waals surface area (Å²) in [5.74, 6) is 0.909. The summed E-state index contributed by atoms with van der Waals surface area (Å²) in [4.78, 5) is 0. The van der Waals surface area contributed by atoms with Gasteiger partial charge in [0.2, 0.25) is 0 Å². The molecular weight excluding hydrogens is 351 g/mol. The van der Waals surface area contributed by atoms with E-state index in [1.165, 1.54) is 16.7 Å². The Balaban J connectivity index is 2.04. The van der Waals surface area contributed by atoms with Crippen molar-refractivity contribution in [1.82, 2.24) is 0 Å². The lowest BCUT2D eigenvalue weighted by Crippen LogP contribution is -2.00. The van der Waals surface area contributed by atoms with Crippen LogP contribution in [0.2, 0.25) is 0 Å². The molecular formula is C16H17IO2. The van der Waals surface area contributed by atoms with Crippen LogP contribution in [0.4, 0.5) is 0 Å². The second-order valence-corrected chi connectivity index (χ2v) is 5.03. The van der Waals surface area contributed by atoms with E-state index in [1.54, 1.807) is 0 Å². The molecule has 0 saturated heterocycles. The highest BCUT2D eigenvalue weighted by Gasteiger charge is 2.00. The number of hydrogen-bond donors (Lipinski definition) is 0. The molecule has 2 nitrogen and oxygen atoms in total. The SMILES string of the molecule is Cc1ccc(-c2cccc(OCCCOI)c2)cc1. The van der Waals surface area contributed by atoms with Gasteiger partial charge in [0.05, 0.1) is 13.2 Å². The van der Waals surface area contributed by atoms with Crippen molar-refractivity contribution in [3.8, 4) is 16.9 Å². The van der Waals surface area contributed by atoms with Crippen molar-refractivity contribution in [3.63, 3.8) is 0 Å². The average Bonchev–Trinajstić information content (AvgIpc) is 2.45. The fourth-order valence-electron chi connectivity index (χ4n) is 1.81. The van der Waals surface area contributed by atoms with Crippen LogP contribution >= 0.6 is 23.0 Å². The Kier molecular flexibility index (Phi) is 5.66. The van der Waals surface area contributed by atoms with E-state index in [0.717, 1.165) is 18.8 Å². The predicted octanol–water partition coefficient (Wildman–Crippen LogP) is 4.80. The quantitative estimate of drug-likeness (QED) is 0.539. The van der Waals surface area contributed by atoms with Gasteiger partial charge in [0, 0.05) is 6.42 Å². The van der Waals surface area contributed by atoms with Gasteiger partial charge in [-0.1, -0.05) is 42.0 Å². The third-order valence-electron chi connectivity index (χ3n) is 2.85. The molecule has 2 aromatic carbocycles. The Morgan fingerprint density at radius 1 is 0.947 bits per heavy atom. The predicted molar refractivity (Wildman–Crippen MR) is 86.7 cm³/mol. The molecule has 0 amide bonds. The van der Waals surface area contributed by atoms with Crippen LogP contribution in [-0.4, -0.2) is 13.2 Å². The lowest BCUT2D eigenvalue weighted by molar-refractivity contribution is 0.279. The van der Waals surface area contributed by atoms with Crippen LogP contribution in [0.3, 0.4) is 0 Å². The van der Waals surface area contributed by atoms with E-state index >= 15 is 0 Å². The Labute approximate surface area is 128 Å². The van der Waals surface area contributed by atoms with Gasteiger partial charge in [-0.05, 0) is 30.2 Å². The monoisotopic (exact) mass is 368 g/mol. The summed E-state index contributed by atoms with van der Waals surface area (Å²) < 4.78 is 10.7. The maximum absolute atomic E-state index is 5.71. The van der Waals surface area contributed by atoms with Gasteiger partial charge in [0.15, 0.2) is 0 Å². The van der Waals surface area contributed by atoms with Gasteiger partial charge >= 0.3 is 0 Å². The molecule has 0 heterocycles. The smallest absolute Gasteiger partial charge is 0.119 e. The van der Waals surface area contributed by atoms with Gasteiger partial charge in [-0.15, -0.1) is 0 Å². The zero-order valence-corrected chi connectivity index (χ0v) is 13.1. The molecule has 2 aromatic rings. The molecule has 0 radical (unpaired) electrons. The number of halogens is 1. The van der Waals surface area contributed by atoms with Crippen molar-refractivity contribution in [1.29, 1.82) is 0 Å². The first-order valence-corrected chi connectivity index (χ1v) is 7.21. The van der Waals surface area contributed by atoms with E-state index in [2.05, 4.69) is 43.3 Å². The first-order valence-electron chi connectivity index (χ1n) is 6.33. The van der Waals surface area contributed by atoms with Crippen LogP contribution in [-0.2, 0) is 3.07 Å². The van der Waals surface area contributed by atoms with Crippen molar-refractivity contribution in [2.75, 3.05) is 13.2 Å². The van der Waals surface area contributed by atoms with Crippen LogP contribution in [0.5, 0.6) is 5.75 Å². The largest absolute Gasteiger partial charge is 0.493 e. The topological polar surface area (TPSA) is 18.5 Å². The maximum Gasteiger partial charge on any atom is 0.119 e. The van der Waals surface area contributed by atoms with Gasteiger partial charge in [-0.25, -0.2) is 0 Å². The highest BCUT2D eigenvalue weighted by atomic mass is 127. The van der Waals surface area contributed by atoms with Crippen molar-refractivity contribution in [3.05, 3.63) is 54.1 Å². The number of aryl methyl sites for hydroxylation is 1. The van der Waals surface area contributed by atoms with Crippen molar-refractivity contribution in [2.24, 2.45) is 0 Å². The fourth-order valence-corrected chi connectivity index (χ4v) is 2.13. The fraction of sp³-hybridized carbons (Fsp3) is 0.250. The lowest BCUT2D eigenvalue weighted by atomic mass is 10.0. The summed E-state index contributed by atoms with van der Waals surface area (Å²) in [5.41, 5.74) is 3.67. The van der Waals surface area contributed by atoms with E-state index in [0.29, 0.717) is 6.61 Å². The molecule has 19 heavy (non-hydrogen) atoms. The van der Waals surface area contributed by atoms with Crippen molar-refractivity contribution >= 4 is 23.0 Å². The molecule has 0 atom stereocenters. The first kappa shape index (κ1) is 14.3. The van der Waals surface area contributed by atoms with Crippen LogP contribution in [0.15, 0.2) is 48.5 Å². The molecule has 0 aliphatic rings. The first-order chi connectivity index (χ1) is 9.29. The van der Waals surface area contributed by atoms with E-state index in [4.69, 9.17) is 7.80 Å². The second-order valence-electron chi connectivity index (χ2n) is 4.41. The van der Waals surface area contributed by atoms with E-state index in [9.17, 15) is 0 Å². The Hall–Kier alpha value is -1.07. The van der Waals surface area contributed by atoms with Crippen LogP contribution in [0, 0.1) is 6.92 Å². The molecule has 3 heteroatoms. The maximum atomic E-state index is 5.71. The molecule has 2 rings (SSSR count). The third kappa shape index (κ3) is 4.51. The summed E-state index contributed by atoms with van der Waals surface area (Å²) in [7, 11) is 0. The second kappa shape index (κ2) is 7.50. The Morgan fingerprint density at radius 2 is 1.74 bits per heavy atom. The Bertz CT molecular complexity index is 508. The highest BCUT2D eigenvalue weighted by molar-refractivity contribution is 14.1. The van der Waals surface area contributed by atoms with E-state index in [-0.39, 0.29) is 0 Å². The number of ether oxygens (including phenoxy) is 1. The van der Waals surface area contributed by atoms with Crippen LogP contribution in [0.25, 0.3) is 11.1 Å². The molecule has 0 N–H and O–H groups in total. The lowest BCUT2D eigenvalue weighted by Gasteiger charge is -2.08. The molecule has 0 aliphatic heterocycles. The van der Waals surface area contributed by atoms with Crippen LogP contribution < -0.4 is 4.74 Å². The molecule has 0 unspecified atom stereocenters. The van der Waals surface area contributed by atoms with Gasteiger partial charge < -0.3 is 7.80 Å². The molecule has 0 bridgehead atoms. The van der Waals surface area contributed by atoms with Crippen molar-refractivity contribution in [2.45, 2.75) is 13.3 Å². The molecule has 0 saturated carbocycles. The molecule has 0 spiro atoms. The zero-order valence-electron chi connectivity index (χ0n) is 10.9. The third-order valence-corrected chi connectivity index (χ3v) is 3.29. The van der Waals surface area contributed by atoms with Crippen LogP contribution in [0.1, 0.15) is 12.0 Å². The highest BCUT2D eigenvalue weighted by Crippen LogP contribution is 2.24. The van der Waals surface area contributed by atoms with E-state index in [1.807, 2.05) is 35.1 Å². The number of hydrogen-bond acceptors (Lipinski definition) is 2. The normalized spacial score (nSPS) is 10.4. The molecule has 0 aromatic heterocycles. The van der Waals surface area contributed by atoms with Crippen molar-refractivity contribution < 1.29 is 7.80 Å². The summed E-state index contributed by atoms with van der Waals surface area (Å²) >= 11 is 1.90. The van der Waals surface area contributed by atoms with Gasteiger partial charge in [0.25, 0.3) is 0 Å². The number of rotatable bonds is 6. The summed E-state index contributed by atoms with van der Waals surface area (Å²) in [6.07, 6.45) is 0.900. The van der Waals surface area contributed by atoms with E-state index < -0.39 is 0 Å². The average molecular weight is 368 g/mol.